The smallest absolute Gasteiger partial charge is 0.118 e. The van der Waals surface area contributed by atoms with Crippen molar-refractivity contribution in [1.29, 1.82) is 5.26 Å². The number of aromatic nitrogens is 1. The van der Waals surface area contributed by atoms with Crippen molar-refractivity contribution in [2.24, 2.45) is 0 Å². The molecule has 2 aromatic rings. The number of nitriles is 1. The summed E-state index contributed by atoms with van der Waals surface area (Å²) in [5.74, 6) is 0.859. The molecule has 0 atom stereocenters. The molecule has 0 radical (unpaired) electrons. The topological polar surface area (TPSA) is 45.9 Å². The number of hydrogen-bond acceptors (Lipinski definition) is 4. The van der Waals surface area contributed by atoms with Gasteiger partial charge in [0.2, 0.25) is 0 Å². The lowest BCUT2D eigenvalue weighted by atomic mass is 10.1. The van der Waals surface area contributed by atoms with E-state index in [1.807, 2.05) is 29.6 Å². The highest BCUT2D eigenvalue weighted by atomic mass is 32.1. The molecule has 2 rings (SSSR count). The molecule has 86 valence electrons. The Morgan fingerprint density at radius 3 is 2.76 bits per heavy atom. The van der Waals surface area contributed by atoms with Crippen molar-refractivity contribution in [3.8, 4) is 11.8 Å². The molecule has 0 aliphatic carbocycles. The van der Waals surface area contributed by atoms with Crippen LogP contribution in [0.2, 0.25) is 0 Å². The Hall–Kier alpha value is -1.86. The summed E-state index contributed by atoms with van der Waals surface area (Å²) in [6.45, 7) is 0. The molecule has 1 aromatic heterocycles. The molecule has 0 amide bonds. The van der Waals surface area contributed by atoms with Gasteiger partial charge >= 0.3 is 0 Å². The highest BCUT2D eigenvalue weighted by Crippen LogP contribution is 2.17. The standard InChI is InChI=1S/C13H12N2OS/c1-16-12-4-2-10(3-5-12)8-13-15-11(6-7-14)9-17-13/h2-5,9H,6,8H2,1H3. The molecule has 1 heterocycles. The molecule has 0 bridgehead atoms. The van der Waals surface area contributed by atoms with Crippen molar-refractivity contribution in [2.45, 2.75) is 12.8 Å². The Labute approximate surface area is 104 Å². The van der Waals surface area contributed by atoms with Crippen molar-refractivity contribution >= 4 is 11.3 Å². The number of ether oxygens (including phenoxy) is 1. The summed E-state index contributed by atoms with van der Waals surface area (Å²) in [5, 5.41) is 11.6. The number of hydrogen-bond donors (Lipinski definition) is 0. The third-order valence-electron chi connectivity index (χ3n) is 2.37. The van der Waals surface area contributed by atoms with Crippen molar-refractivity contribution in [2.75, 3.05) is 7.11 Å². The molecule has 1 aromatic carbocycles. The van der Waals surface area contributed by atoms with Gasteiger partial charge in [0, 0.05) is 11.8 Å². The van der Waals surface area contributed by atoms with Gasteiger partial charge in [-0.2, -0.15) is 5.26 Å². The molecular formula is C13H12N2OS. The lowest BCUT2D eigenvalue weighted by Crippen LogP contribution is -1.89. The number of methoxy groups -OCH3 is 1. The van der Waals surface area contributed by atoms with E-state index in [2.05, 4.69) is 11.1 Å². The zero-order valence-electron chi connectivity index (χ0n) is 9.51. The number of benzene rings is 1. The first-order chi connectivity index (χ1) is 8.31. The van der Waals surface area contributed by atoms with Crippen LogP contribution < -0.4 is 4.74 Å². The van der Waals surface area contributed by atoms with E-state index < -0.39 is 0 Å². The molecule has 17 heavy (non-hydrogen) atoms. The van der Waals surface area contributed by atoms with Crippen molar-refractivity contribution in [3.63, 3.8) is 0 Å². The second-order valence-corrected chi connectivity index (χ2v) is 4.53. The van der Waals surface area contributed by atoms with Crippen molar-refractivity contribution < 1.29 is 4.74 Å². The fraction of sp³-hybridized carbons (Fsp3) is 0.231. The van der Waals surface area contributed by atoms with E-state index in [0.717, 1.165) is 22.9 Å². The third kappa shape index (κ3) is 3.05. The molecule has 0 saturated carbocycles. The lowest BCUT2D eigenvalue weighted by molar-refractivity contribution is 0.414. The largest absolute Gasteiger partial charge is 0.497 e. The van der Waals surface area contributed by atoms with E-state index in [1.165, 1.54) is 5.56 Å². The number of rotatable bonds is 4. The minimum atomic E-state index is 0.388. The summed E-state index contributed by atoms with van der Waals surface area (Å²) in [7, 11) is 1.66. The SMILES string of the molecule is COc1ccc(Cc2nc(CC#N)cs2)cc1. The summed E-state index contributed by atoms with van der Waals surface area (Å²) in [5.41, 5.74) is 2.06. The first kappa shape index (κ1) is 11.6. The number of thiazole rings is 1. The van der Waals surface area contributed by atoms with Crippen molar-refractivity contribution in [1.82, 2.24) is 4.98 Å². The second-order valence-electron chi connectivity index (χ2n) is 3.59. The quantitative estimate of drug-likeness (QED) is 0.830. The van der Waals surface area contributed by atoms with Gasteiger partial charge in [0.15, 0.2) is 0 Å². The van der Waals surface area contributed by atoms with Crippen LogP contribution in [0.5, 0.6) is 5.75 Å². The summed E-state index contributed by atoms with van der Waals surface area (Å²) < 4.78 is 5.11. The van der Waals surface area contributed by atoms with Crippen LogP contribution in [-0.2, 0) is 12.8 Å². The molecular weight excluding hydrogens is 232 g/mol. The Bertz CT molecular complexity index is 525. The van der Waals surface area contributed by atoms with Gasteiger partial charge in [-0.15, -0.1) is 11.3 Å². The molecule has 0 N–H and O–H groups in total. The zero-order valence-corrected chi connectivity index (χ0v) is 10.3. The van der Waals surface area contributed by atoms with Gasteiger partial charge in [-0.3, -0.25) is 0 Å². The molecule has 3 nitrogen and oxygen atoms in total. The van der Waals surface area contributed by atoms with E-state index in [0.29, 0.717) is 6.42 Å². The van der Waals surface area contributed by atoms with E-state index >= 15 is 0 Å². The Morgan fingerprint density at radius 2 is 2.12 bits per heavy atom. The summed E-state index contributed by atoms with van der Waals surface area (Å²) in [4.78, 5) is 4.40. The monoisotopic (exact) mass is 244 g/mol. The van der Waals surface area contributed by atoms with Gasteiger partial charge in [0.1, 0.15) is 5.75 Å². The van der Waals surface area contributed by atoms with Crippen LogP contribution in [0.25, 0.3) is 0 Å². The summed E-state index contributed by atoms with van der Waals surface area (Å²) in [6, 6.07) is 10.1. The maximum absolute atomic E-state index is 8.58. The highest BCUT2D eigenvalue weighted by molar-refractivity contribution is 7.09. The normalized spacial score (nSPS) is 9.88. The van der Waals surface area contributed by atoms with Gasteiger partial charge in [-0.1, -0.05) is 12.1 Å². The average Bonchev–Trinajstić information content (AvgIpc) is 2.78. The van der Waals surface area contributed by atoms with Gasteiger partial charge in [0.05, 0.1) is 30.3 Å². The highest BCUT2D eigenvalue weighted by Gasteiger charge is 2.03. The van der Waals surface area contributed by atoms with Crippen LogP contribution >= 0.6 is 11.3 Å². The van der Waals surface area contributed by atoms with E-state index in [1.54, 1.807) is 18.4 Å². The van der Waals surface area contributed by atoms with Crippen molar-refractivity contribution in [3.05, 3.63) is 45.9 Å². The van der Waals surface area contributed by atoms with Crippen LogP contribution in [0.1, 0.15) is 16.3 Å². The van der Waals surface area contributed by atoms with Crippen LogP contribution in [0.3, 0.4) is 0 Å². The molecule has 0 saturated heterocycles. The Morgan fingerprint density at radius 1 is 1.35 bits per heavy atom. The third-order valence-corrected chi connectivity index (χ3v) is 3.27. The van der Waals surface area contributed by atoms with E-state index in [9.17, 15) is 0 Å². The molecule has 0 aliphatic rings. The maximum atomic E-state index is 8.58. The minimum Gasteiger partial charge on any atom is -0.497 e. The molecule has 0 unspecified atom stereocenters. The first-order valence-electron chi connectivity index (χ1n) is 5.25. The van der Waals surface area contributed by atoms with Gasteiger partial charge < -0.3 is 4.74 Å². The van der Waals surface area contributed by atoms with Gasteiger partial charge in [0.25, 0.3) is 0 Å². The minimum absolute atomic E-state index is 0.388. The lowest BCUT2D eigenvalue weighted by Gasteiger charge is -2.01. The molecule has 4 heteroatoms. The average molecular weight is 244 g/mol. The van der Waals surface area contributed by atoms with E-state index in [-0.39, 0.29) is 0 Å². The van der Waals surface area contributed by atoms with Crippen LogP contribution in [0.4, 0.5) is 0 Å². The van der Waals surface area contributed by atoms with Gasteiger partial charge in [-0.05, 0) is 17.7 Å². The predicted molar refractivity (Wildman–Crippen MR) is 67.2 cm³/mol. The Kier molecular flexibility index (Phi) is 3.73. The van der Waals surface area contributed by atoms with Crippen LogP contribution in [-0.4, -0.2) is 12.1 Å². The molecule has 0 fully saturated rings. The van der Waals surface area contributed by atoms with Gasteiger partial charge in [-0.25, -0.2) is 4.98 Å². The summed E-state index contributed by atoms with van der Waals surface area (Å²) in [6.07, 6.45) is 1.19. The predicted octanol–water partition coefficient (Wildman–Crippen LogP) is 2.81. The molecule has 0 aliphatic heterocycles. The maximum Gasteiger partial charge on any atom is 0.118 e. The van der Waals surface area contributed by atoms with Crippen LogP contribution in [0, 0.1) is 11.3 Å². The second kappa shape index (κ2) is 5.46. The Balaban J connectivity index is 2.06. The molecule has 0 spiro atoms. The fourth-order valence-corrected chi connectivity index (χ4v) is 2.34. The number of nitrogens with zero attached hydrogens (tertiary/aromatic N) is 2. The summed E-state index contributed by atoms with van der Waals surface area (Å²) >= 11 is 1.60. The zero-order chi connectivity index (χ0) is 12.1. The first-order valence-corrected chi connectivity index (χ1v) is 6.13. The fourth-order valence-electron chi connectivity index (χ4n) is 1.51. The van der Waals surface area contributed by atoms with E-state index in [4.69, 9.17) is 10.00 Å². The van der Waals surface area contributed by atoms with Crippen LogP contribution in [0.15, 0.2) is 29.6 Å².